The van der Waals surface area contributed by atoms with Gasteiger partial charge in [-0.2, -0.15) is 0 Å². The van der Waals surface area contributed by atoms with E-state index in [1.54, 1.807) is 37.6 Å². The maximum absolute atomic E-state index is 12.9. The van der Waals surface area contributed by atoms with Gasteiger partial charge in [0.25, 0.3) is 5.56 Å². The summed E-state index contributed by atoms with van der Waals surface area (Å²) in [6.45, 7) is 3.82. The van der Waals surface area contributed by atoms with E-state index in [4.69, 9.17) is 9.72 Å². The zero-order valence-electron chi connectivity index (χ0n) is 18.0. The Kier molecular flexibility index (Phi) is 5.64. The summed E-state index contributed by atoms with van der Waals surface area (Å²) in [7, 11) is 1.59. The highest BCUT2D eigenvalue weighted by Gasteiger charge is 2.17. The van der Waals surface area contributed by atoms with Crippen LogP contribution in [0.5, 0.6) is 5.75 Å². The molecule has 7 heteroatoms. The molecule has 2 aromatic heterocycles. The number of nitrogens with zero attached hydrogens (tertiary/aromatic N) is 2. The molecule has 4 aromatic rings. The molecule has 1 unspecified atom stereocenters. The molecule has 0 aliphatic rings. The first-order chi connectivity index (χ1) is 15.4. The van der Waals surface area contributed by atoms with Crippen molar-refractivity contribution in [3.8, 4) is 17.0 Å². The monoisotopic (exact) mass is 429 g/mol. The average molecular weight is 429 g/mol. The fourth-order valence-electron chi connectivity index (χ4n) is 3.73. The van der Waals surface area contributed by atoms with Gasteiger partial charge in [0.1, 0.15) is 11.4 Å². The summed E-state index contributed by atoms with van der Waals surface area (Å²) in [4.78, 5) is 29.3. The smallest absolute Gasteiger partial charge is 0.337 e. The van der Waals surface area contributed by atoms with Gasteiger partial charge in [-0.05, 0) is 49.7 Å². The minimum absolute atomic E-state index is 0.179. The van der Waals surface area contributed by atoms with Crippen LogP contribution in [0, 0.1) is 6.92 Å². The average Bonchev–Trinajstić information content (AvgIpc) is 2.79. The van der Waals surface area contributed by atoms with Gasteiger partial charge in [0.05, 0.1) is 24.4 Å². The number of pyridine rings is 1. The quantitative estimate of drug-likeness (QED) is 0.467. The van der Waals surface area contributed by atoms with Crippen molar-refractivity contribution < 1.29 is 14.6 Å². The third-order valence-corrected chi connectivity index (χ3v) is 5.29. The van der Waals surface area contributed by atoms with E-state index in [-0.39, 0.29) is 17.2 Å². The second-order valence-corrected chi connectivity index (χ2v) is 7.59. The number of aryl methyl sites for hydroxylation is 1. The fraction of sp³-hybridized carbons (Fsp3) is 0.160. The van der Waals surface area contributed by atoms with Crippen molar-refractivity contribution in [1.82, 2.24) is 9.38 Å². The van der Waals surface area contributed by atoms with Crippen LogP contribution in [0.25, 0.3) is 16.9 Å². The Morgan fingerprint density at radius 1 is 1.12 bits per heavy atom. The summed E-state index contributed by atoms with van der Waals surface area (Å²) in [5.41, 5.74) is 3.98. The number of benzene rings is 2. The molecular weight excluding hydrogens is 406 g/mol. The van der Waals surface area contributed by atoms with Crippen molar-refractivity contribution in [1.29, 1.82) is 0 Å². The van der Waals surface area contributed by atoms with Crippen molar-refractivity contribution in [2.45, 2.75) is 19.9 Å². The van der Waals surface area contributed by atoms with Crippen LogP contribution in [0.3, 0.4) is 0 Å². The molecule has 2 N–H and O–H groups in total. The molecule has 1 atom stereocenters. The minimum Gasteiger partial charge on any atom is -0.497 e. The van der Waals surface area contributed by atoms with E-state index in [0.717, 1.165) is 16.7 Å². The number of anilines is 1. The van der Waals surface area contributed by atoms with Gasteiger partial charge in [-0.15, -0.1) is 0 Å². The van der Waals surface area contributed by atoms with Crippen LogP contribution in [0.4, 0.5) is 5.69 Å². The number of ether oxygens (including phenoxy) is 1. The summed E-state index contributed by atoms with van der Waals surface area (Å²) in [6, 6.07) is 17.3. The standard InChI is InChI=1S/C25H23N3O4/c1-15-11-20(16(2)26-21-10-5-4-9-19(21)25(30)31)24-27-22(13-23(29)28(24)14-15)17-7-6-8-18(12-17)32-3/h4-14,16,26H,1-3H3,(H,30,31). The number of carbonyl (C=O) groups is 1. The molecule has 0 aliphatic carbocycles. The summed E-state index contributed by atoms with van der Waals surface area (Å²) in [5.74, 6) is -0.335. The molecule has 2 heterocycles. The minimum atomic E-state index is -1.01. The predicted octanol–water partition coefficient (Wildman–Crippen LogP) is 4.55. The summed E-state index contributed by atoms with van der Waals surface area (Å²) >= 11 is 0. The lowest BCUT2D eigenvalue weighted by atomic mass is 10.1. The van der Waals surface area contributed by atoms with Crippen LogP contribution >= 0.6 is 0 Å². The summed E-state index contributed by atoms with van der Waals surface area (Å²) in [5, 5.41) is 12.8. The third kappa shape index (κ3) is 4.05. The SMILES string of the molecule is COc1cccc(-c2cc(=O)n3cc(C)cc(C(C)Nc4ccccc4C(=O)O)c3n2)c1. The number of aromatic nitrogens is 2. The zero-order chi connectivity index (χ0) is 22.8. The van der Waals surface area contributed by atoms with Gasteiger partial charge >= 0.3 is 5.97 Å². The first-order valence-corrected chi connectivity index (χ1v) is 10.1. The van der Waals surface area contributed by atoms with E-state index < -0.39 is 5.97 Å². The molecule has 0 amide bonds. The maximum atomic E-state index is 12.9. The second kappa shape index (κ2) is 8.55. The third-order valence-electron chi connectivity index (χ3n) is 5.29. The van der Waals surface area contributed by atoms with E-state index in [1.807, 2.05) is 44.2 Å². The van der Waals surface area contributed by atoms with Crippen molar-refractivity contribution >= 4 is 17.3 Å². The highest BCUT2D eigenvalue weighted by Crippen LogP contribution is 2.27. The van der Waals surface area contributed by atoms with Gasteiger partial charge in [0.15, 0.2) is 0 Å². The highest BCUT2D eigenvalue weighted by molar-refractivity contribution is 5.94. The Hall–Kier alpha value is -4.13. The first-order valence-electron chi connectivity index (χ1n) is 10.1. The number of methoxy groups -OCH3 is 1. The van der Waals surface area contributed by atoms with Crippen molar-refractivity contribution in [3.63, 3.8) is 0 Å². The molecule has 0 bridgehead atoms. The number of fused-ring (bicyclic) bond motifs is 1. The van der Waals surface area contributed by atoms with Crippen LogP contribution in [0.2, 0.25) is 0 Å². The molecule has 0 spiro atoms. The van der Waals surface area contributed by atoms with Gasteiger partial charge in [-0.3, -0.25) is 9.20 Å². The fourth-order valence-corrected chi connectivity index (χ4v) is 3.73. The lowest BCUT2D eigenvalue weighted by Crippen LogP contribution is -2.19. The van der Waals surface area contributed by atoms with Gasteiger partial charge in [0, 0.05) is 29.1 Å². The highest BCUT2D eigenvalue weighted by atomic mass is 16.5. The zero-order valence-corrected chi connectivity index (χ0v) is 18.0. The van der Waals surface area contributed by atoms with Gasteiger partial charge in [0.2, 0.25) is 0 Å². The normalized spacial score (nSPS) is 11.8. The number of nitrogens with one attached hydrogen (secondary N) is 1. The number of hydrogen-bond acceptors (Lipinski definition) is 5. The topological polar surface area (TPSA) is 92.9 Å². The summed E-state index contributed by atoms with van der Waals surface area (Å²) in [6.07, 6.45) is 1.75. The molecule has 0 saturated heterocycles. The van der Waals surface area contributed by atoms with Crippen molar-refractivity contribution in [2.24, 2.45) is 0 Å². The van der Waals surface area contributed by atoms with Crippen LogP contribution in [-0.2, 0) is 0 Å². The number of carboxylic acids is 1. The molecule has 4 rings (SSSR count). The Balaban J connectivity index is 1.85. The lowest BCUT2D eigenvalue weighted by molar-refractivity contribution is 0.0698. The number of rotatable bonds is 6. The maximum Gasteiger partial charge on any atom is 0.337 e. The van der Waals surface area contributed by atoms with E-state index in [9.17, 15) is 14.7 Å². The van der Waals surface area contributed by atoms with Gasteiger partial charge in [-0.1, -0.05) is 24.3 Å². The molecule has 2 aromatic carbocycles. The van der Waals surface area contributed by atoms with Gasteiger partial charge in [-0.25, -0.2) is 9.78 Å². The Morgan fingerprint density at radius 3 is 2.66 bits per heavy atom. The Bertz CT molecular complexity index is 1380. The lowest BCUT2D eigenvalue weighted by Gasteiger charge is -2.20. The molecule has 0 saturated carbocycles. The van der Waals surface area contributed by atoms with Gasteiger partial charge < -0.3 is 15.2 Å². The van der Waals surface area contributed by atoms with Crippen LogP contribution in [-0.4, -0.2) is 27.6 Å². The molecule has 0 fully saturated rings. The molecule has 32 heavy (non-hydrogen) atoms. The van der Waals surface area contributed by atoms with E-state index in [0.29, 0.717) is 22.8 Å². The van der Waals surface area contributed by atoms with E-state index in [1.165, 1.54) is 10.5 Å². The molecule has 162 valence electrons. The van der Waals surface area contributed by atoms with Crippen molar-refractivity contribution in [3.05, 3.63) is 93.9 Å². The van der Waals surface area contributed by atoms with Crippen molar-refractivity contribution in [2.75, 3.05) is 12.4 Å². The van der Waals surface area contributed by atoms with E-state index >= 15 is 0 Å². The molecule has 0 radical (unpaired) electrons. The van der Waals surface area contributed by atoms with Crippen LogP contribution < -0.4 is 15.6 Å². The van der Waals surface area contributed by atoms with Crippen LogP contribution in [0.15, 0.2) is 71.7 Å². The Labute approximate surface area is 184 Å². The molecule has 0 aliphatic heterocycles. The number of carboxylic acid groups (broad SMARTS) is 1. The molecular formula is C25H23N3O4. The van der Waals surface area contributed by atoms with Crippen LogP contribution in [0.1, 0.15) is 34.5 Å². The Morgan fingerprint density at radius 2 is 1.91 bits per heavy atom. The number of para-hydroxylation sites is 1. The largest absolute Gasteiger partial charge is 0.497 e. The second-order valence-electron chi connectivity index (χ2n) is 7.59. The predicted molar refractivity (Wildman–Crippen MR) is 124 cm³/mol. The number of hydrogen-bond donors (Lipinski definition) is 2. The molecule has 7 nitrogen and oxygen atoms in total. The summed E-state index contributed by atoms with van der Waals surface area (Å²) < 4.78 is 6.82. The first kappa shape index (κ1) is 21.1. The number of aromatic carboxylic acids is 1. The van der Waals surface area contributed by atoms with E-state index in [2.05, 4.69) is 5.32 Å².